The number of nitrogen functional groups attached to an aromatic ring is 1. The van der Waals surface area contributed by atoms with Crippen LogP contribution >= 0.6 is 23.1 Å². The fraction of sp³-hybridized carbons (Fsp3) is 0.176. The summed E-state index contributed by atoms with van der Waals surface area (Å²) in [7, 11) is 1.57. The number of anilines is 2. The summed E-state index contributed by atoms with van der Waals surface area (Å²) < 4.78 is 6.39. The smallest absolute Gasteiger partial charge is 0.264 e. The Balaban J connectivity index is 1.55. The first-order valence-corrected chi connectivity index (χ1v) is 10.0. The number of carbonyl (C=O) groups excluding carboxylic acids is 1. The lowest BCUT2D eigenvalue weighted by atomic mass is 10.3. The molecule has 1 aromatic carbocycles. The van der Waals surface area contributed by atoms with Crippen molar-refractivity contribution >= 4 is 46.4 Å². The molecule has 3 aromatic rings. The Morgan fingerprint density at radius 3 is 2.96 bits per heavy atom. The van der Waals surface area contributed by atoms with Crippen molar-refractivity contribution in [3.63, 3.8) is 0 Å². The van der Waals surface area contributed by atoms with Crippen LogP contribution < -0.4 is 21.3 Å². The number of thioether (sulfide) groups is 1. The van der Waals surface area contributed by atoms with Crippen LogP contribution in [0.5, 0.6) is 5.75 Å². The predicted octanol–water partition coefficient (Wildman–Crippen LogP) is 2.63. The van der Waals surface area contributed by atoms with Crippen LogP contribution in [-0.2, 0) is 4.79 Å². The van der Waals surface area contributed by atoms with Gasteiger partial charge in [0, 0.05) is 16.6 Å². The van der Waals surface area contributed by atoms with Crippen molar-refractivity contribution in [1.29, 1.82) is 0 Å². The van der Waals surface area contributed by atoms with Crippen molar-refractivity contribution < 1.29 is 9.53 Å². The lowest BCUT2D eigenvalue weighted by Gasteiger charge is -2.07. The molecule has 0 unspecified atom stereocenters. The van der Waals surface area contributed by atoms with E-state index >= 15 is 0 Å². The number of hydrogen-bond donors (Lipinski definition) is 3. The van der Waals surface area contributed by atoms with E-state index in [2.05, 4.69) is 26.0 Å². The molecule has 0 spiro atoms. The number of methoxy groups -OCH3 is 1. The molecule has 0 aliphatic rings. The van der Waals surface area contributed by atoms with Gasteiger partial charge in [0.15, 0.2) is 0 Å². The van der Waals surface area contributed by atoms with E-state index < -0.39 is 0 Å². The van der Waals surface area contributed by atoms with E-state index in [9.17, 15) is 4.79 Å². The second-order valence-corrected chi connectivity index (χ2v) is 7.42. The SMILES string of the molecule is COc1cccc(NC(=O)CSc2nnc(N/N=C(\C)c3cccs3)n2N)c1. The largest absolute Gasteiger partial charge is 0.497 e. The van der Waals surface area contributed by atoms with Gasteiger partial charge in [0.25, 0.3) is 5.95 Å². The van der Waals surface area contributed by atoms with Crippen molar-refractivity contribution in [3.8, 4) is 5.75 Å². The number of aromatic nitrogens is 3. The van der Waals surface area contributed by atoms with Gasteiger partial charge < -0.3 is 15.9 Å². The highest BCUT2D eigenvalue weighted by molar-refractivity contribution is 7.99. The molecule has 146 valence electrons. The van der Waals surface area contributed by atoms with Gasteiger partial charge in [-0.1, -0.05) is 23.9 Å². The van der Waals surface area contributed by atoms with Gasteiger partial charge in [0.1, 0.15) is 5.75 Å². The minimum atomic E-state index is -0.192. The van der Waals surface area contributed by atoms with Crippen LogP contribution in [0.1, 0.15) is 11.8 Å². The second-order valence-electron chi connectivity index (χ2n) is 5.53. The van der Waals surface area contributed by atoms with E-state index in [0.29, 0.717) is 16.6 Å². The van der Waals surface area contributed by atoms with Crippen molar-refractivity contribution in [3.05, 3.63) is 46.7 Å². The van der Waals surface area contributed by atoms with Crippen molar-refractivity contribution in [2.45, 2.75) is 12.1 Å². The maximum Gasteiger partial charge on any atom is 0.264 e. The molecule has 0 aliphatic heterocycles. The molecule has 0 aliphatic carbocycles. The van der Waals surface area contributed by atoms with Crippen LogP contribution in [0.4, 0.5) is 11.6 Å². The van der Waals surface area contributed by atoms with Crippen LogP contribution in [0.15, 0.2) is 52.0 Å². The van der Waals surface area contributed by atoms with Crippen molar-refractivity contribution in [2.75, 3.05) is 29.4 Å². The highest BCUT2D eigenvalue weighted by Crippen LogP contribution is 2.19. The maximum atomic E-state index is 12.1. The van der Waals surface area contributed by atoms with Gasteiger partial charge in [0.2, 0.25) is 11.1 Å². The third-order valence-electron chi connectivity index (χ3n) is 3.55. The normalized spacial score (nSPS) is 11.3. The topological polar surface area (TPSA) is 119 Å². The first-order chi connectivity index (χ1) is 13.6. The molecule has 28 heavy (non-hydrogen) atoms. The fourth-order valence-electron chi connectivity index (χ4n) is 2.15. The third kappa shape index (κ3) is 5.02. The van der Waals surface area contributed by atoms with Crippen LogP contribution in [0.2, 0.25) is 0 Å². The molecule has 3 rings (SSSR count). The standard InChI is InChI=1S/C17H19N7O2S2/c1-11(14-7-4-8-27-14)20-21-16-22-23-17(24(16)18)28-10-15(25)19-12-5-3-6-13(9-12)26-2/h3-9H,10,18H2,1-2H3,(H,19,25)(H,21,22)/b20-11+. The van der Waals surface area contributed by atoms with Crippen molar-refractivity contribution in [2.24, 2.45) is 5.10 Å². The average Bonchev–Trinajstić information content (AvgIpc) is 3.35. The van der Waals surface area contributed by atoms with Gasteiger partial charge in [-0.15, -0.1) is 21.5 Å². The van der Waals surface area contributed by atoms with Gasteiger partial charge in [-0.25, -0.2) is 10.1 Å². The summed E-state index contributed by atoms with van der Waals surface area (Å²) in [4.78, 5) is 13.2. The number of ether oxygens (including phenoxy) is 1. The second kappa shape index (κ2) is 9.24. The quantitative estimate of drug-likeness (QED) is 0.223. The van der Waals surface area contributed by atoms with E-state index in [-0.39, 0.29) is 17.6 Å². The van der Waals surface area contributed by atoms with Crippen LogP contribution in [0.3, 0.4) is 0 Å². The first-order valence-electron chi connectivity index (χ1n) is 8.18. The number of hydrazone groups is 1. The Labute approximate surface area is 170 Å². The summed E-state index contributed by atoms with van der Waals surface area (Å²) in [6.07, 6.45) is 0. The summed E-state index contributed by atoms with van der Waals surface area (Å²) in [5, 5.41) is 17.4. The van der Waals surface area contributed by atoms with Crippen LogP contribution in [0, 0.1) is 0 Å². The zero-order chi connectivity index (χ0) is 19.9. The number of rotatable bonds is 8. The number of amides is 1. The molecule has 0 fully saturated rings. The Morgan fingerprint density at radius 2 is 2.21 bits per heavy atom. The Hall–Kier alpha value is -3.05. The molecule has 11 heteroatoms. The Bertz CT molecular complexity index is 970. The van der Waals surface area contributed by atoms with E-state index in [1.807, 2.05) is 24.4 Å². The molecule has 0 saturated carbocycles. The fourth-order valence-corrected chi connectivity index (χ4v) is 3.49. The number of nitrogens with one attached hydrogen (secondary N) is 2. The lowest BCUT2D eigenvalue weighted by molar-refractivity contribution is -0.113. The van der Waals surface area contributed by atoms with E-state index in [4.69, 9.17) is 10.6 Å². The summed E-state index contributed by atoms with van der Waals surface area (Å²) in [5.74, 6) is 6.87. The maximum absolute atomic E-state index is 12.1. The monoisotopic (exact) mass is 417 g/mol. The molecule has 4 N–H and O–H groups in total. The zero-order valence-corrected chi connectivity index (χ0v) is 16.9. The highest BCUT2D eigenvalue weighted by atomic mass is 32.2. The lowest BCUT2D eigenvalue weighted by Crippen LogP contribution is -2.17. The molecule has 2 aromatic heterocycles. The first kappa shape index (κ1) is 19.7. The molecule has 0 bridgehead atoms. The zero-order valence-electron chi connectivity index (χ0n) is 15.2. The van der Waals surface area contributed by atoms with Crippen LogP contribution in [-0.4, -0.2) is 39.4 Å². The molecule has 1 amide bonds. The number of hydrogen-bond acceptors (Lipinski definition) is 9. The van der Waals surface area contributed by atoms with Crippen LogP contribution in [0.25, 0.3) is 0 Å². The highest BCUT2D eigenvalue weighted by Gasteiger charge is 2.12. The molecule has 0 radical (unpaired) electrons. The summed E-state index contributed by atoms with van der Waals surface area (Å²) in [6.45, 7) is 1.88. The summed E-state index contributed by atoms with van der Waals surface area (Å²) >= 11 is 2.76. The molecule has 9 nitrogen and oxygen atoms in total. The summed E-state index contributed by atoms with van der Waals surface area (Å²) in [6, 6.07) is 11.1. The van der Waals surface area contributed by atoms with Gasteiger partial charge in [-0.05, 0) is 30.5 Å². The third-order valence-corrected chi connectivity index (χ3v) is 5.47. The Kier molecular flexibility index (Phi) is 6.50. The summed E-state index contributed by atoms with van der Waals surface area (Å²) in [5.41, 5.74) is 4.26. The Morgan fingerprint density at radius 1 is 1.36 bits per heavy atom. The number of nitrogens with zero attached hydrogens (tertiary/aromatic N) is 4. The molecular weight excluding hydrogens is 398 g/mol. The number of thiophene rings is 1. The van der Waals surface area contributed by atoms with E-state index in [1.54, 1.807) is 42.7 Å². The van der Waals surface area contributed by atoms with Gasteiger partial charge in [0.05, 0.1) is 18.6 Å². The number of nitrogens with two attached hydrogens (primary N) is 1. The van der Waals surface area contributed by atoms with Gasteiger partial charge >= 0.3 is 0 Å². The van der Waals surface area contributed by atoms with Gasteiger partial charge in [-0.2, -0.15) is 5.10 Å². The van der Waals surface area contributed by atoms with Crippen molar-refractivity contribution in [1.82, 2.24) is 14.9 Å². The number of benzene rings is 1. The molecular formula is C17H19N7O2S2. The number of carbonyl (C=O) groups is 1. The molecule has 2 heterocycles. The van der Waals surface area contributed by atoms with E-state index in [0.717, 1.165) is 10.6 Å². The van der Waals surface area contributed by atoms with Gasteiger partial charge in [-0.3, -0.25) is 4.79 Å². The minimum Gasteiger partial charge on any atom is -0.497 e. The average molecular weight is 418 g/mol. The molecule has 0 atom stereocenters. The molecule has 0 saturated heterocycles. The predicted molar refractivity (Wildman–Crippen MR) is 113 cm³/mol. The minimum absolute atomic E-state index is 0.129. The van der Waals surface area contributed by atoms with E-state index in [1.165, 1.54) is 16.4 Å².